The molecule has 18 heavy (non-hydrogen) atoms. The van der Waals surface area contributed by atoms with Crippen LogP contribution < -0.4 is 0 Å². The molecule has 0 amide bonds. The fraction of sp³-hybridized carbons (Fsp3) is 0. The molecule has 0 aliphatic rings. The quantitative estimate of drug-likeness (QED) is 0.628. The van der Waals surface area contributed by atoms with Gasteiger partial charge in [0.1, 0.15) is 0 Å². The van der Waals surface area contributed by atoms with Crippen molar-refractivity contribution in [1.29, 1.82) is 0 Å². The molecule has 0 radical (unpaired) electrons. The van der Waals surface area contributed by atoms with E-state index in [1.54, 1.807) is 12.4 Å². The van der Waals surface area contributed by atoms with Gasteiger partial charge in [-0.25, -0.2) is 0 Å². The minimum Gasteiger partial charge on any atom is -0.253 e. The van der Waals surface area contributed by atoms with Crippen LogP contribution >= 0.6 is 0 Å². The van der Waals surface area contributed by atoms with Crippen LogP contribution in [0.25, 0.3) is 23.2 Å². The minimum atomic E-state index is 0.924. The fourth-order valence-electron chi connectivity index (χ4n) is 1.84. The number of fused-ring (bicyclic) bond motifs is 1. The van der Waals surface area contributed by atoms with Gasteiger partial charge in [-0.1, -0.05) is 48.6 Å². The van der Waals surface area contributed by atoms with Gasteiger partial charge in [0.2, 0.25) is 0 Å². The molecule has 0 unspecified atom stereocenters. The highest BCUT2D eigenvalue weighted by molar-refractivity contribution is 5.79. The Morgan fingerprint density at radius 3 is 2.22 bits per heavy atom. The first kappa shape index (κ1) is 10.7. The Morgan fingerprint density at radius 1 is 0.667 bits per heavy atom. The van der Waals surface area contributed by atoms with Gasteiger partial charge in [-0.3, -0.25) is 9.97 Å². The van der Waals surface area contributed by atoms with Gasteiger partial charge >= 0.3 is 0 Å². The molecule has 2 nitrogen and oxygen atoms in total. The summed E-state index contributed by atoms with van der Waals surface area (Å²) in [6.07, 6.45) is 7.61. The van der Waals surface area contributed by atoms with Crippen LogP contribution in [0.15, 0.2) is 60.9 Å². The van der Waals surface area contributed by atoms with Gasteiger partial charge in [0, 0.05) is 12.4 Å². The van der Waals surface area contributed by atoms with Gasteiger partial charge in [0.25, 0.3) is 0 Å². The van der Waals surface area contributed by atoms with E-state index in [0.29, 0.717) is 0 Å². The lowest BCUT2D eigenvalue weighted by atomic mass is 10.1. The van der Waals surface area contributed by atoms with Crippen molar-refractivity contribution in [3.05, 3.63) is 72.1 Å². The zero-order chi connectivity index (χ0) is 12.2. The summed E-state index contributed by atoms with van der Waals surface area (Å²) in [5.41, 5.74) is 4.17. The summed E-state index contributed by atoms with van der Waals surface area (Å²) in [5.74, 6) is 0. The average Bonchev–Trinajstić information content (AvgIpc) is 2.46. The number of hydrogen-bond acceptors (Lipinski definition) is 2. The van der Waals surface area contributed by atoms with Gasteiger partial charge in [-0.05, 0) is 23.3 Å². The second kappa shape index (κ2) is 4.80. The summed E-state index contributed by atoms with van der Waals surface area (Å²) >= 11 is 0. The second-order valence-corrected chi connectivity index (χ2v) is 4.05. The molecule has 0 fully saturated rings. The molecule has 0 saturated carbocycles. The van der Waals surface area contributed by atoms with Crippen LogP contribution in [0.4, 0.5) is 0 Å². The molecular weight excluding hydrogens is 220 g/mol. The molecule has 86 valence electrons. The van der Waals surface area contributed by atoms with Crippen LogP contribution in [0, 0.1) is 0 Å². The first-order chi connectivity index (χ1) is 8.92. The maximum Gasteiger partial charge on any atom is 0.0892 e. The number of aromatic nitrogens is 2. The summed E-state index contributed by atoms with van der Waals surface area (Å²) in [6, 6.07) is 16.3. The van der Waals surface area contributed by atoms with E-state index >= 15 is 0 Å². The first-order valence-electron chi connectivity index (χ1n) is 5.86. The molecule has 0 saturated heterocycles. The van der Waals surface area contributed by atoms with E-state index in [9.17, 15) is 0 Å². The Morgan fingerprint density at radius 2 is 1.39 bits per heavy atom. The molecule has 2 aromatic carbocycles. The maximum atomic E-state index is 4.30. The second-order valence-electron chi connectivity index (χ2n) is 4.05. The predicted octanol–water partition coefficient (Wildman–Crippen LogP) is 3.80. The molecular formula is C16H12N2. The van der Waals surface area contributed by atoms with Crippen molar-refractivity contribution >= 4 is 23.2 Å². The van der Waals surface area contributed by atoms with Gasteiger partial charge < -0.3 is 0 Å². The van der Waals surface area contributed by atoms with Crippen molar-refractivity contribution in [1.82, 2.24) is 9.97 Å². The molecule has 3 aromatic rings. The van der Waals surface area contributed by atoms with Gasteiger partial charge in [0.15, 0.2) is 0 Å². The smallest absolute Gasteiger partial charge is 0.0892 e. The molecule has 0 spiro atoms. The Kier molecular flexibility index (Phi) is 2.84. The highest BCUT2D eigenvalue weighted by atomic mass is 14.8. The summed E-state index contributed by atoms with van der Waals surface area (Å²) < 4.78 is 0. The number of hydrogen-bond donors (Lipinski definition) is 0. The topological polar surface area (TPSA) is 25.8 Å². The van der Waals surface area contributed by atoms with Crippen molar-refractivity contribution in [3.8, 4) is 0 Å². The van der Waals surface area contributed by atoms with E-state index in [-0.39, 0.29) is 0 Å². The van der Waals surface area contributed by atoms with Crippen LogP contribution in [0.2, 0.25) is 0 Å². The lowest BCUT2D eigenvalue weighted by molar-refractivity contribution is 1.29. The van der Waals surface area contributed by atoms with Crippen molar-refractivity contribution in [2.24, 2.45) is 0 Å². The predicted molar refractivity (Wildman–Crippen MR) is 74.9 cm³/mol. The van der Waals surface area contributed by atoms with E-state index in [0.717, 1.165) is 16.6 Å². The van der Waals surface area contributed by atoms with E-state index in [4.69, 9.17) is 0 Å². The molecule has 0 N–H and O–H groups in total. The van der Waals surface area contributed by atoms with Crippen molar-refractivity contribution in [2.45, 2.75) is 0 Å². The van der Waals surface area contributed by atoms with Crippen molar-refractivity contribution in [3.63, 3.8) is 0 Å². The van der Waals surface area contributed by atoms with E-state index in [2.05, 4.69) is 40.3 Å². The first-order valence-corrected chi connectivity index (χ1v) is 5.86. The third-order valence-electron chi connectivity index (χ3n) is 2.76. The van der Waals surface area contributed by atoms with Crippen LogP contribution in [-0.4, -0.2) is 9.97 Å². The largest absolute Gasteiger partial charge is 0.253 e. The molecule has 0 atom stereocenters. The summed E-state index contributed by atoms with van der Waals surface area (Å²) in [4.78, 5) is 8.55. The highest BCUT2D eigenvalue weighted by Gasteiger charge is 1.95. The Balaban J connectivity index is 1.93. The standard InChI is InChI=1S/C16H12N2/c1-2-4-13(5-3-1)6-7-14-8-9-15-16(12-14)18-11-10-17-15/h1-12H/b7-6+. The molecule has 0 aliphatic carbocycles. The molecule has 0 aliphatic heterocycles. The summed E-state index contributed by atoms with van der Waals surface area (Å²) in [7, 11) is 0. The Labute approximate surface area is 106 Å². The highest BCUT2D eigenvalue weighted by Crippen LogP contribution is 2.13. The monoisotopic (exact) mass is 232 g/mol. The maximum absolute atomic E-state index is 4.30. The summed E-state index contributed by atoms with van der Waals surface area (Å²) in [5, 5.41) is 0. The zero-order valence-corrected chi connectivity index (χ0v) is 9.82. The molecule has 1 aromatic heterocycles. The van der Waals surface area contributed by atoms with Gasteiger partial charge in [0.05, 0.1) is 11.0 Å². The molecule has 0 bridgehead atoms. The average molecular weight is 232 g/mol. The Bertz CT molecular complexity index is 688. The molecule has 2 heteroatoms. The normalized spacial score (nSPS) is 11.1. The number of nitrogens with zero attached hydrogens (tertiary/aromatic N) is 2. The fourth-order valence-corrected chi connectivity index (χ4v) is 1.84. The van der Waals surface area contributed by atoms with Crippen LogP contribution in [0.5, 0.6) is 0 Å². The third-order valence-corrected chi connectivity index (χ3v) is 2.76. The van der Waals surface area contributed by atoms with Gasteiger partial charge in [-0.2, -0.15) is 0 Å². The van der Waals surface area contributed by atoms with Crippen LogP contribution in [0.1, 0.15) is 11.1 Å². The lowest BCUT2D eigenvalue weighted by Crippen LogP contribution is -1.82. The zero-order valence-electron chi connectivity index (χ0n) is 9.82. The number of rotatable bonds is 2. The van der Waals surface area contributed by atoms with E-state index < -0.39 is 0 Å². The van der Waals surface area contributed by atoms with Crippen LogP contribution in [-0.2, 0) is 0 Å². The van der Waals surface area contributed by atoms with E-state index in [1.807, 2.05) is 30.3 Å². The Hall–Kier alpha value is -2.48. The lowest BCUT2D eigenvalue weighted by Gasteiger charge is -1.97. The summed E-state index contributed by atoms with van der Waals surface area (Å²) in [6.45, 7) is 0. The SMILES string of the molecule is C(=C\c1ccc2nccnc2c1)/c1ccccc1. The van der Waals surface area contributed by atoms with Crippen LogP contribution in [0.3, 0.4) is 0 Å². The minimum absolute atomic E-state index is 0.924. The molecule has 1 heterocycles. The van der Waals surface area contributed by atoms with E-state index in [1.165, 1.54) is 5.56 Å². The number of benzene rings is 2. The van der Waals surface area contributed by atoms with Crippen molar-refractivity contribution < 1.29 is 0 Å². The van der Waals surface area contributed by atoms with Gasteiger partial charge in [-0.15, -0.1) is 0 Å². The molecule has 3 rings (SSSR count). The third kappa shape index (κ3) is 2.28. The van der Waals surface area contributed by atoms with Crippen molar-refractivity contribution in [2.75, 3.05) is 0 Å².